The van der Waals surface area contributed by atoms with Crippen LogP contribution in [-0.2, 0) is 6.54 Å². The standard InChI is InChI=1S/C15H23N2O/c1-3-8-16-9-11-17(12-10-16)13-14-6-4-5-7-15(14)18-2/h4-8H,3,9-13H2,1-2H3. The molecule has 0 unspecified atom stereocenters. The lowest BCUT2D eigenvalue weighted by Gasteiger charge is -2.34. The van der Waals surface area contributed by atoms with E-state index in [1.54, 1.807) is 7.11 Å². The summed E-state index contributed by atoms with van der Waals surface area (Å²) in [5.74, 6) is 1.00. The largest absolute Gasteiger partial charge is 0.496 e. The molecule has 0 atom stereocenters. The lowest BCUT2D eigenvalue weighted by molar-refractivity contribution is 0.146. The zero-order valence-corrected chi connectivity index (χ0v) is 11.4. The lowest BCUT2D eigenvalue weighted by atomic mass is 10.1. The van der Waals surface area contributed by atoms with Crippen LogP contribution in [0.2, 0.25) is 0 Å². The van der Waals surface area contributed by atoms with E-state index in [4.69, 9.17) is 4.74 Å². The van der Waals surface area contributed by atoms with Gasteiger partial charge in [-0.3, -0.25) is 9.80 Å². The van der Waals surface area contributed by atoms with E-state index in [0.29, 0.717) is 0 Å². The zero-order chi connectivity index (χ0) is 12.8. The molecule has 2 rings (SSSR count). The smallest absolute Gasteiger partial charge is 0.123 e. The molecule has 0 saturated carbocycles. The molecule has 1 aromatic rings. The van der Waals surface area contributed by atoms with Gasteiger partial charge in [0.05, 0.1) is 7.11 Å². The van der Waals surface area contributed by atoms with Crippen molar-refractivity contribution in [3.63, 3.8) is 0 Å². The maximum absolute atomic E-state index is 5.40. The first kappa shape index (κ1) is 13.4. The highest BCUT2D eigenvalue weighted by molar-refractivity contribution is 5.33. The van der Waals surface area contributed by atoms with Crippen LogP contribution >= 0.6 is 0 Å². The van der Waals surface area contributed by atoms with E-state index < -0.39 is 0 Å². The SMILES string of the molecule is CC[CH]N1CCN(Cc2ccccc2OC)CC1. The molecule has 0 N–H and O–H groups in total. The first-order valence-corrected chi connectivity index (χ1v) is 6.75. The molecule has 1 saturated heterocycles. The normalized spacial score (nSPS) is 17.9. The zero-order valence-electron chi connectivity index (χ0n) is 11.4. The summed E-state index contributed by atoms with van der Waals surface area (Å²) in [5.41, 5.74) is 1.29. The van der Waals surface area contributed by atoms with Crippen LogP contribution in [0.25, 0.3) is 0 Å². The Morgan fingerprint density at radius 1 is 1.17 bits per heavy atom. The Morgan fingerprint density at radius 2 is 1.89 bits per heavy atom. The summed E-state index contributed by atoms with van der Waals surface area (Å²) in [7, 11) is 1.74. The molecule has 1 heterocycles. The number of piperazine rings is 1. The average Bonchev–Trinajstić information content (AvgIpc) is 2.42. The number of para-hydroxylation sites is 1. The van der Waals surface area contributed by atoms with Gasteiger partial charge in [-0.25, -0.2) is 0 Å². The minimum atomic E-state index is 0.990. The van der Waals surface area contributed by atoms with Gasteiger partial charge in [0.2, 0.25) is 0 Å². The van der Waals surface area contributed by atoms with Crippen LogP contribution in [0, 0.1) is 6.54 Å². The second-order valence-electron chi connectivity index (χ2n) is 4.71. The van der Waals surface area contributed by atoms with Gasteiger partial charge in [-0.2, -0.15) is 0 Å². The average molecular weight is 247 g/mol. The van der Waals surface area contributed by atoms with Gasteiger partial charge >= 0.3 is 0 Å². The molecule has 1 aliphatic heterocycles. The Bertz CT molecular complexity index is 359. The Kier molecular flexibility index (Phi) is 5.02. The minimum absolute atomic E-state index is 0.990. The third-order valence-electron chi connectivity index (χ3n) is 3.43. The molecule has 1 aliphatic rings. The molecular weight excluding hydrogens is 224 g/mol. The topological polar surface area (TPSA) is 15.7 Å². The highest BCUT2D eigenvalue weighted by atomic mass is 16.5. The highest BCUT2D eigenvalue weighted by Gasteiger charge is 2.17. The van der Waals surface area contributed by atoms with Crippen LogP contribution < -0.4 is 4.74 Å². The third kappa shape index (κ3) is 3.47. The van der Waals surface area contributed by atoms with Gasteiger partial charge in [-0.05, 0) is 12.5 Å². The summed E-state index contributed by atoms with van der Waals surface area (Å²) in [6.45, 7) is 10.0. The minimum Gasteiger partial charge on any atom is -0.496 e. The quantitative estimate of drug-likeness (QED) is 0.794. The molecule has 3 nitrogen and oxygen atoms in total. The number of ether oxygens (including phenoxy) is 1. The summed E-state index contributed by atoms with van der Waals surface area (Å²) < 4.78 is 5.40. The highest BCUT2D eigenvalue weighted by Crippen LogP contribution is 2.20. The van der Waals surface area contributed by atoms with E-state index in [1.165, 1.54) is 5.56 Å². The van der Waals surface area contributed by atoms with E-state index in [1.807, 2.05) is 12.1 Å². The second kappa shape index (κ2) is 6.76. The number of methoxy groups -OCH3 is 1. The Balaban J connectivity index is 1.87. The van der Waals surface area contributed by atoms with Gasteiger partial charge in [0.25, 0.3) is 0 Å². The summed E-state index contributed by atoms with van der Waals surface area (Å²) in [4.78, 5) is 4.93. The number of rotatable bonds is 5. The van der Waals surface area contributed by atoms with Crippen LogP contribution in [0.4, 0.5) is 0 Å². The Labute approximate surface area is 110 Å². The van der Waals surface area contributed by atoms with E-state index in [2.05, 4.69) is 35.4 Å². The molecule has 1 radical (unpaired) electrons. The second-order valence-corrected chi connectivity index (χ2v) is 4.71. The van der Waals surface area contributed by atoms with Crippen LogP contribution in [0.3, 0.4) is 0 Å². The molecule has 1 fully saturated rings. The van der Waals surface area contributed by atoms with Gasteiger partial charge in [0, 0.05) is 44.8 Å². The van der Waals surface area contributed by atoms with Crippen LogP contribution in [-0.4, -0.2) is 43.1 Å². The maximum Gasteiger partial charge on any atom is 0.123 e. The molecule has 1 aromatic carbocycles. The van der Waals surface area contributed by atoms with Crippen molar-refractivity contribution < 1.29 is 4.74 Å². The number of hydrogen-bond acceptors (Lipinski definition) is 3. The van der Waals surface area contributed by atoms with E-state index in [9.17, 15) is 0 Å². The number of nitrogens with zero attached hydrogens (tertiary/aromatic N) is 2. The van der Waals surface area contributed by atoms with Gasteiger partial charge in [0.15, 0.2) is 0 Å². The summed E-state index contributed by atoms with van der Waals surface area (Å²) in [6, 6.07) is 8.30. The van der Waals surface area contributed by atoms with E-state index in [0.717, 1.165) is 44.9 Å². The van der Waals surface area contributed by atoms with E-state index >= 15 is 0 Å². The van der Waals surface area contributed by atoms with Gasteiger partial charge in [-0.1, -0.05) is 25.1 Å². The molecule has 0 aliphatic carbocycles. The Morgan fingerprint density at radius 3 is 2.56 bits per heavy atom. The number of benzene rings is 1. The molecule has 0 spiro atoms. The molecule has 0 bridgehead atoms. The van der Waals surface area contributed by atoms with Crippen LogP contribution in [0.15, 0.2) is 24.3 Å². The van der Waals surface area contributed by atoms with Crippen molar-refractivity contribution in [2.75, 3.05) is 33.3 Å². The van der Waals surface area contributed by atoms with Gasteiger partial charge in [0.1, 0.15) is 5.75 Å². The molecule has 3 heteroatoms. The molecule has 18 heavy (non-hydrogen) atoms. The first-order valence-electron chi connectivity index (χ1n) is 6.75. The summed E-state index contributed by atoms with van der Waals surface area (Å²) >= 11 is 0. The predicted molar refractivity (Wildman–Crippen MR) is 74.4 cm³/mol. The monoisotopic (exact) mass is 247 g/mol. The lowest BCUT2D eigenvalue weighted by Crippen LogP contribution is -2.44. The fraction of sp³-hybridized carbons (Fsp3) is 0.533. The van der Waals surface area contributed by atoms with Crippen molar-refractivity contribution in [1.29, 1.82) is 0 Å². The molecule has 99 valence electrons. The maximum atomic E-state index is 5.40. The van der Waals surface area contributed by atoms with Crippen molar-refractivity contribution in [3.8, 4) is 5.75 Å². The van der Waals surface area contributed by atoms with Crippen LogP contribution in [0.1, 0.15) is 18.9 Å². The van der Waals surface area contributed by atoms with Crippen molar-refractivity contribution >= 4 is 0 Å². The number of hydrogen-bond donors (Lipinski definition) is 0. The fourth-order valence-corrected chi connectivity index (χ4v) is 2.44. The fourth-order valence-electron chi connectivity index (χ4n) is 2.44. The van der Waals surface area contributed by atoms with Gasteiger partial charge < -0.3 is 4.74 Å². The molecule has 0 aromatic heterocycles. The summed E-state index contributed by atoms with van der Waals surface area (Å²) in [5, 5.41) is 0. The van der Waals surface area contributed by atoms with Crippen molar-refractivity contribution in [1.82, 2.24) is 9.80 Å². The molecular formula is C15H23N2O. The van der Waals surface area contributed by atoms with Crippen molar-refractivity contribution in [2.45, 2.75) is 19.9 Å². The van der Waals surface area contributed by atoms with Crippen molar-refractivity contribution in [3.05, 3.63) is 36.4 Å². The van der Waals surface area contributed by atoms with E-state index in [-0.39, 0.29) is 0 Å². The molecule has 0 amide bonds. The Hall–Kier alpha value is -1.06. The predicted octanol–water partition coefficient (Wildman–Crippen LogP) is 2.38. The summed E-state index contributed by atoms with van der Waals surface area (Å²) in [6.07, 6.45) is 1.13. The van der Waals surface area contributed by atoms with Gasteiger partial charge in [-0.15, -0.1) is 0 Å². The first-order chi connectivity index (χ1) is 8.83. The van der Waals surface area contributed by atoms with Crippen LogP contribution in [0.5, 0.6) is 5.75 Å². The van der Waals surface area contributed by atoms with Crippen molar-refractivity contribution in [2.24, 2.45) is 0 Å². The third-order valence-corrected chi connectivity index (χ3v) is 3.43.